The third kappa shape index (κ3) is 6.47. The molecule has 1 aliphatic rings. The topological polar surface area (TPSA) is 141 Å². The molecule has 0 atom stereocenters. The van der Waals surface area contributed by atoms with Crippen molar-refractivity contribution in [1.29, 1.82) is 0 Å². The van der Waals surface area contributed by atoms with Crippen molar-refractivity contribution in [3.8, 4) is 22.5 Å². The van der Waals surface area contributed by atoms with Gasteiger partial charge >= 0.3 is 5.76 Å². The maximum atomic E-state index is 14.5. The molecule has 5 aromatic rings. The van der Waals surface area contributed by atoms with E-state index in [0.717, 1.165) is 65.6 Å². The highest BCUT2D eigenvalue weighted by Crippen LogP contribution is 2.38. The number of aromatic amines is 1. The molecule has 0 aliphatic heterocycles. The average Bonchev–Trinajstić information content (AvgIpc) is 3.64. The zero-order chi connectivity index (χ0) is 32.6. The number of nitrogens with one attached hydrogen (secondary N) is 1. The van der Waals surface area contributed by atoms with E-state index in [1.54, 1.807) is 13.8 Å². The smallest absolute Gasteiger partial charge is 0.388 e. The van der Waals surface area contributed by atoms with E-state index in [0.29, 0.717) is 30.3 Å². The van der Waals surface area contributed by atoms with Gasteiger partial charge in [-0.05, 0) is 76.5 Å². The molecule has 2 aromatic carbocycles. The van der Waals surface area contributed by atoms with Crippen molar-refractivity contribution < 1.29 is 14.4 Å². The normalized spacial score (nSPS) is 18.8. The first kappa shape index (κ1) is 31.6. The van der Waals surface area contributed by atoms with Crippen molar-refractivity contribution in [2.45, 2.75) is 96.8 Å². The van der Waals surface area contributed by atoms with Crippen LogP contribution in [-0.4, -0.2) is 52.2 Å². The van der Waals surface area contributed by atoms with Crippen LogP contribution >= 0.6 is 0 Å². The van der Waals surface area contributed by atoms with Crippen molar-refractivity contribution >= 4 is 5.78 Å². The summed E-state index contributed by atoms with van der Waals surface area (Å²) in [5.41, 5.74) is 3.99. The zero-order valence-electron chi connectivity index (χ0n) is 27.2. The van der Waals surface area contributed by atoms with Crippen LogP contribution in [-0.2, 0) is 17.6 Å². The minimum absolute atomic E-state index is 0.0150. The summed E-state index contributed by atoms with van der Waals surface area (Å²) < 4.78 is 14.7. The van der Waals surface area contributed by atoms with Gasteiger partial charge in [-0.1, -0.05) is 67.0 Å². The van der Waals surface area contributed by atoms with Gasteiger partial charge in [0, 0.05) is 23.6 Å². The molecule has 0 radical (unpaired) electrons. The highest BCUT2D eigenvalue weighted by atomic mass is 16.5. The van der Waals surface area contributed by atoms with Crippen molar-refractivity contribution in [1.82, 2.24) is 29.3 Å². The van der Waals surface area contributed by atoms with E-state index in [2.05, 4.69) is 24.0 Å². The number of fused-ring (bicyclic) bond motifs is 1. The highest BCUT2D eigenvalue weighted by Gasteiger charge is 2.36. The largest absolute Gasteiger partial charge is 0.439 e. The number of aryl methyl sites for hydroxylation is 2. The Labute approximate surface area is 267 Å². The van der Waals surface area contributed by atoms with Crippen LogP contribution in [0.3, 0.4) is 0 Å². The van der Waals surface area contributed by atoms with E-state index in [9.17, 15) is 14.7 Å². The van der Waals surface area contributed by atoms with Gasteiger partial charge in [-0.3, -0.25) is 18.9 Å². The van der Waals surface area contributed by atoms with Gasteiger partial charge in [-0.2, -0.15) is 10.1 Å². The number of ether oxygens (including phenoxy) is 1. The number of hydrogen-bond acceptors (Lipinski definition) is 8. The molecule has 6 rings (SSSR count). The lowest BCUT2D eigenvalue weighted by Gasteiger charge is -2.39. The summed E-state index contributed by atoms with van der Waals surface area (Å²) in [5.74, 6) is 0.999. The van der Waals surface area contributed by atoms with Gasteiger partial charge in [-0.15, -0.1) is 0 Å². The molecule has 242 valence electrons. The van der Waals surface area contributed by atoms with Gasteiger partial charge in [-0.25, -0.2) is 9.31 Å². The Morgan fingerprint density at radius 3 is 2.41 bits per heavy atom. The molecule has 0 spiro atoms. The van der Waals surface area contributed by atoms with Crippen LogP contribution in [0.1, 0.15) is 88.5 Å². The number of nitrogens with zero attached hydrogens (tertiary/aromatic N) is 5. The maximum absolute atomic E-state index is 14.5. The van der Waals surface area contributed by atoms with E-state index < -0.39 is 11.4 Å². The number of aromatic nitrogens is 6. The zero-order valence-corrected chi connectivity index (χ0v) is 27.2. The average molecular weight is 627 g/mol. The predicted molar refractivity (Wildman–Crippen MR) is 175 cm³/mol. The number of rotatable bonds is 10. The van der Waals surface area contributed by atoms with E-state index in [4.69, 9.17) is 19.3 Å². The Balaban J connectivity index is 1.33. The fourth-order valence-corrected chi connectivity index (χ4v) is 6.49. The Kier molecular flexibility index (Phi) is 8.56. The van der Waals surface area contributed by atoms with Crippen LogP contribution in [0.25, 0.3) is 28.3 Å². The molecule has 0 bridgehead atoms. The van der Waals surface area contributed by atoms with Gasteiger partial charge < -0.3 is 9.84 Å². The molecule has 11 nitrogen and oxygen atoms in total. The van der Waals surface area contributed by atoms with Gasteiger partial charge in [0.1, 0.15) is 5.82 Å². The molecule has 0 amide bonds. The second-order valence-corrected chi connectivity index (χ2v) is 13.4. The summed E-state index contributed by atoms with van der Waals surface area (Å²) >= 11 is 0. The second-order valence-electron chi connectivity index (χ2n) is 13.4. The molecule has 11 heteroatoms. The number of aliphatic hydroxyl groups is 1. The maximum Gasteiger partial charge on any atom is 0.439 e. The van der Waals surface area contributed by atoms with Crippen LogP contribution in [0.5, 0.6) is 0 Å². The monoisotopic (exact) mass is 626 g/mol. The van der Waals surface area contributed by atoms with Gasteiger partial charge in [0.15, 0.2) is 5.82 Å². The number of benzene rings is 2. The number of hydrogen-bond donors (Lipinski definition) is 2. The Hall–Kier alpha value is -4.35. The Morgan fingerprint density at radius 1 is 1.09 bits per heavy atom. The van der Waals surface area contributed by atoms with Crippen molar-refractivity contribution in [2.75, 3.05) is 6.61 Å². The van der Waals surface area contributed by atoms with Crippen molar-refractivity contribution in [3.05, 3.63) is 92.1 Å². The van der Waals surface area contributed by atoms with E-state index >= 15 is 0 Å². The van der Waals surface area contributed by atoms with Crippen LogP contribution < -0.4 is 11.3 Å². The fraction of sp³-hybridized carbons (Fsp3) is 0.457. The quantitative estimate of drug-likeness (QED) is 0.210. The van der Waals surface area contributed by atoms with Gasteiger partial charge in [0.2, 0.25) is 5.78 Å². The molecule has 0 unspecified atom stereocenters. The molecule has 2 N–H and O–H groups in total. The molecule has 1 saturated carbocycles. The lowest BCUT2D eigenvalue weighted by molar-refractivity contribution is -0.117. The molecular weight excluding hydrogens is 584 g/mol. The summed E-state index contributed by atoms with van der Waals surface area (Å²) in [5, 5.41) is 18.8. The van der Waals surface area contributed by atoms with Gasteiger partial charge in [0.05, 0.1) is 23.5 Å². The minimum atomic E-state index is -0.898. The third-order valence-electron chi connectivity index (χ3n) is 8.90. The van der Waals surface area contributed by atoms with Crippen LogP contribution in [0.4, 0.5) is 0 Å². The summed E-state index contributed by atoms with van der Waals surface area (Å²) in [6.45, 7) is 9.83. The highest BCUT2D eigenvalue weighted by molar-refractivity contribution is 5.80. The molecule has 46 heavy (non-hydrogen) atoms. The van der Waals surface area contributed by atoms with E-state index in [1.165, 1.54) is 0 Å². The van der Waals surface area contributed by atoms with E-state index in [1.807, 2.05) is 64.5 Å². The third-order valence-corrected chi connectivity index (χ3v) is 8.90. The van der Waals surface area contributed by atoms with Crippen molar-refractivity contribution in [2.24, 2.45) is 0 Å². The lowest BCUT2D eigenvalue weighted by Crippen LogP contribution is -2.41. The summed E-state index contributed by atoms with van der Waals surface area (Å²) in [6, 6.07) is 15.8. The molecular formula is C35H42N6O5. The Bertz CT molecular complexity index is 1950. The first-order valence-electron chi connectivity index (χ1n) is 16.1. The standard InChI is InChI=1S/C35H42N6O5/c1-6-9-29-28(20-23-12-14-24(15-13-23)26-10-7-8-11-27(26)30-37-33(43)46-39-30)31(42)40(32-36-22(2)38-41(29)32)25-16-18-35(5,19-17-25)45-21-34(3,4)44/h7-8,10-15,25,44H,6,9,16-21H2,1-5H3,(H,37,39,43). The fourth-order valence-electron chi connectivity index (χ4n) is 6.49. The SMILES string of the molecule is CCCc1c(Cc2ccc(-c3ccccc3-c3noc(=O)[nH]3)cc2)c(=O)n(C2CCC(C)(OCC(C)(C)O)CC2)c2nc(C)nn12. The lowest BCUT2D eigenvalue weighted by atomic mass is 9.83. The molecule has 0 saturated heterocycles. The van der Waals surface area contributed by atoms with Crippen LogP contribution in [0.2, 0.25) is 0 Å². The van der Waals surface area contributed by atoms with Crippen LogP contribution in [0, 0.1) is 6.92 Å². The van der Waals surface area contributed by atoms with Gasteiger partial charge in [0.25, 0.3) is 5.56 Å². The second kappa shape index (κ2) is 12.4. The summed E-state index contributed by atoms with van der Waals surface area (Å²) in [7, 11) is 0. The molecule has 1 fully saturated rings. The summed E-state index contributed by atoms with van der Waals surface area (Å²) in [6.07, 6.45) is 5.11. The Morgan fingerprint density at radius 2 is 1.78 bits per heavy atom. The first-order valence-corrected chi connectivity index (χ1v) is 16.1. The minimum Gasteiger partial charge on any atom is -0.388 e. The van der Waals surface area contributed by atoms with E-state index in [-0.39, 0.29) is 23.8 Å². The molecule has 3 heterocycles. The predicted octanol–water partition coefficient (Wildman–Crippen LogP) is 5.41. The van der Waals surface area contributed by atoms with Crippen LogP contribution in [0.15, 0.2) is 62.6 Å². The molecule has 1 aliphatic carbocycles. The molecule has 3 aromatic heterocycles. The van der Waals surface area contributed by atoms with Crippen molar-refractivity contribution in [3.63, 3.8) is 0 Å². The first-order chi connectivity index (χ1) is 21.9. The summed E-state index contributed by atoms with van der Waals surface area (Å²) in [4.78, 5) is 33.4. The number of H-pyrrole nitrogens is 1.